The molecule has 1 N–H and O–H groups in total. The summed E-state index contributed by atoms with van der Waals surface area (Å²) in [4.78, 5) is 8.38. The minimum absolute atomic E-state index is 0.690. The summed E-state index contributed by atoms with van der Waals surface area (Å²) in [6.45, 7) is 5.95. The van der Waals surface area contributed by atoms with Crippen LogP contribution in [0, 0.1) is 0 Å². The van der Waals surface area contributed by atoms with E-state index in [0.717, 1.165) is 31.6 Å². The molecule has 0 saturated heterocycles. The van der Waals surface area contributed by atoms with Gasteiger partial charge >= 0.3 is 0 Å². The molecule has 1 unspecified atom stereocenters. The summed E-state index contributed by atoms with van der Waals surface area (Å²) in [5, 5.41) is 10.4. The zero-order chi connectivity index (χ0) is 13.0. The van der Waals surface area contributed by atoms with Gasteiger partial charge in [-0.15, -0.1) is 0 Å². The van der Waals surface area contributed by atoms with Gasteiger partial charge in [-0.3, -0.25) is 0 Å². The molecule has 2 aromatic rings. The first kappa shape index (κ1) is 12.8. The molecule has 18 heavy (non-hydrogen) atoms. The number of aromatic nitrogens is 4. The highest BCUT2D eigenvalue weighted by atomic mass is 16.3. The Morgan fingerprint density at radius 2 is 1.94 bits per heavy atom. The molecule has 0 bridgehead atoms. The molecular weight excluding hydrogens is 228 g/mol. The molecule has 0 aliphatic carbocycles. The monoisotopic (exact) mass is 248 g/mol. The molecular formula is C13H20N4O. The molecule has 1 atom stereocenters. The average molecular weight is 248 g/mol. The van der Waals surface area contributed by atoms with Gasteiger partial charge in [0.1, 0.15) is 5.82 Å². The maximum absolute atomic E-state index is 10.4. The maximum Gasteiger partial charge on any atom is 0.153 e. The summed E-state index contributed by atoms with van der Waals surface area (Å²) in [6.07, 6.45) is 8.43. The highest BCUT2D eigenvalue weighted by Gasteiger charge is 2.19. The fraction of sp³-hybridized carbons (Fsp3) is 0.538. The van der Waals surface area contributed by atoms with Crippen LogP contribution in [-0.4, -0.2) is 24.2 Å². The van der Waals surface area contributed by atoms with Crippen LogP contribution < -0.4 is 0 Å². The quantitative estimate of drug-likeness (QED) is 0.850. The fourth-order valence-electron chi connectivity index (χ4n) is 2.12. The molecule has 2 heterocycles. The van der Waals surface area contributed by atoms with E-state index in [1.54, 1.807) is 18.7 Å². The van der Waals surface area contributed by atoms with Crippen LogP contribution in [0.5, 0.6) is 0 Å². The molecule has 98 valence electrons. The van der Waals surface area contributed by atoms with Gasteiger partial charge < -0.3 is 14.2 Å². The SMILES string of the molecule is CCCn1cncc1C(O)c1nccn1CCC. The number of aliphatic hydroxyl groups is 1. The van der Waals surface area contributed by atoms with E-state index in [4.69, 9.17) is 0 Å². The molecule has 0 aromatic carbocycles. The van der Waals surface area contributed by atoms with Gasteiger partial charge in [-0.1, -0.05) is 13.8 Å². The van der Waals surface area contributed by atoms with E-state index in [9.17, 15) is 5.11 Å². The molecule has 5 nitrogen and oxygen atoms in total. The van der Waals surface area contributed by atoms with Crippen molar-refractivity contribution >= 4 is 0 Å². The lowest BCUT2D eigenvalue weighted by Crippen LogP contribution is -2.13. The van der Waals surface area contributed by atoms with Crippen LogP contribution in [0.25, 0.3) is 0 Å². The maximum atomic E-state index is 10.4. The second-order valence-corrected chi connectivity index (χ2v) is 4.39. The smallest absolute Gasteiger partial charge is 0.153 e. The number of rotatable bonds is 6. The van der Waals surface area contributed by atoms with Crippen LogP contribution >= 0.6 is 0 Å². The summed E-state index contributed by atoms with van der Waals surface area (Å²) in [7, 11) is 0. The Bertz CT molecular complexity index is 444. The number of hydrogen-bond acceptors (Lipinski definition) is 3. The first-order valence-electron chi connectivity index (χ1n) is 6.47. The Kier molecular flexibility index (Phi) is 4.15. The standard InChI is InChI=1S/C13H20N4O/c1-3-6-16-8-5-15-13(16)12(18)11-9-14-10-17(11)7-4-2/h5,8-10,12,18H,3-4,6-7H2,1-2H3. The van der Waals surface area contributed by atoms with Crippen molar-refractivity contribution in [3.8, 4) is 0 Å². The molecule has 2 aromatic heterocycles. The van der Waals surface area contributed by atoms with Crippen molar-refractivity contribution in [1.82, 2.24) is 19.1 Å². The molecule has 0 saturated carbocycles. The zero-order valence-electron chi connectivity index (χ0n) is 11.0. The van der Waals surface area contributed by atoms with E-state index in [2.05, 4.69) is 23.8 Å². The molecule has 2 rings (SSSR count). The summed E-state index contributed by atoms with van der Waals surface area (Å²) in [6, 6.07) is 0. The van der Waals surface area contributed by atoms with Crippen molar-refractivity contribution in [2.45, 2.75) is 45.9 Å². The molecule has 0 fully saturated rings. The Labute approximate surface area is 107 Å². The van der Waals surface area contributed by atoms with Crippen LogP contribution in [0.1, 0.15) is 44.3 Å². The Balaban J connectivity index is 2.26. The lowest BCUT2D eigenvalue weighted by atomic mass is 10.2. The molecule has 0 aliphatic rings. The van der Waals surface area contributed by atoms with Crippen molar-refractivity contribution in [1.29, 1.82) is 0 Å². The highest BCUT2D eigenvalue weighted by molar-refractivity contribution is 5.14. The van der Waals surface area contributed by atoms with E-state index in [1.807, 2.05) is 15.3 Å². The van der Waals surface area contributed by atoms with Gasteiger partial charge in [0.15, 0.2) is 6.10 Å². The lowest BCUT2D eigenvalue weighted by Gasteiger charge is -2.14. The third-order valence-electron chi connectivity index (χ3n) is 2.95. The molecule has 0 aliphatic heterocycles. The first-order chi connectivity index (χ1) is 8.77. The Hall–Kier alpha value is -1.62. The summed E-state index contributed by atoms with van der Waals surface area (Å²) in [5.41, 5.74) is 0.806. The van der Waals surface area contributed by atoms with Gasteiger partial charge in [-0.05, 0) is 12.8 Å². The van der Waals surface area contributed by atoms with Crippen molar-refractivity contribution in [3.05, 3.63) is 36.4 Å². The van der Waals surface area contributed by atoms with Gasteiger partial charge in [0.2, 0.25) is 0 Å². The van der Waals surface area contributed by atoms with E-state index >= 15 is 0 Å². The fourth-order valence-corrected chi connectivity index (χ4v) is 2.12. The topological polar surface area (TPSA) is 55.9 Å². The number of aliphatic hydroxyl groups excluding tert-OH is 1. The van der Waals surface area contributed by atoms with Crippen molar-refractivity contribution in [2.75, 3.05) is 0 Å². The molecule has 5 heteroatoms. The Morgan fingerprint density at radius 3 is 2.67 bits per heavy atom. The van der Waals surface area contributed by atoms with E-state index < -0.39 is 6.10 Å². The molecule has 0 radical (unpaired) electrons. The van der Waals surface area contributed by atoms with Crippen LogP contribution in [0.3, 0.4) is 0 Å². The zero-order valence-corrected chi connectivity index (χ0v) is 11.0. The minimum atomic E-state index is -0.708. The second kappa shape index (κ2) is 5.82. The number of imidazole rings is 2. The number of nitrogens with zero attached hydrogens (tertiary/aromatic N) is 4. The van der Waals surface area contributed by atoms with Gasteiger partial charge in [-0.25, -0.2) is 9.97 Å². The predicted octanol–water partition coefficient (Wildman–Crippen LogP) is 1.98. The summed E-state index contributed by atoms with van der Waals surface area (Å²) >= 11 is 0. The summed E-state index contributed by atoms with van der Waals surface area (Å²) < 4.78 is 3.98. The third kappa shape index (κ3) is 2.46. The van der Waals surface area contributed by atoms with E-state index in [1.165, 1.54) is 0 Å². The average Bonchev–Trinajstić information content (AvgIpc) is 2.98. The van der Waals surface area contributed by atoms with E-state index in [-0.39, 0.29) is 0 Å². The summed E-state index contributed by atoms with van der Waals surface area (Å²) in [5.74, 6) is 0.690. The van der Waals surface area contributed by atoms with Gasteiger partial charge in [-0.2, -0.15) is 0 Å². The first-order valence-corrected chi connectivity index (χ1v) is 6.47. The normalized spacial score (nSPS) is 12.8. The predicted molar refractivity (Wildman–Crippen MR) is 69.1 cm³/mol. The lowest BCUT2D eigenvalue weighted by molar-refractivity contribution is 0.194. The Morgan fingerprint density at radius 1 is 1.22 bits per heavy atom. The van der Waals surface area contributed by atoms with Gasteiger partial charge in [0, 0.05) is 25.5 Å². The minimum Gasteiger partial charge on any atom is -0.379 e. The van der Waals surface area contributed by atoms with Crippen LogP contribution in [0.15, 0.2) is 24.9 Å². The molecule has 0 amide bonds. The van der Waals surface area contributed by atoms with Crippen molar-refractivity contribution in [3.63, 3.8) is 0 Å². The van der Waals surface area contributed by atoms with Crippen LogP contribution in [-0.2, 0) is 13.1 Å². The van der Waals surface area contributed by atoms with Crippen molar-refractivity contribution < 1.29 is 5.11 Å². The largest absolute Gasteiger partial charge is 0.379 e. The van der Waals surface area contributed by atoms with Gasteiger partial charge in [0.25, 0.3) is 0 Å². The number of aryl methyl sites for hydroxylation is 2. The second-order valence-electron chi connectivity index (χ2n) is 4.39. The highest BCUT2D eigenvalue weighted by Crippen LogP contribution is 2.20. The number of hydrogen-bond donors (Lipinski definition) is 1. The van der Waals surface area contributed by atoms with Crippen LogP contribution in [0.4, 0.5) is 0 Å². The third-order valence-corrected chi connectivity index (χ3v) is 2.95. The van der Waals surface area contributed by atoms with Gasteiger partial charge in [0.05, 0.1) is 18.2 Å². The molecule has 0 spiro atoms. The van der Waals surface area contributed by atoms with Crippen LogP contribution in [0.2, 0.25) is 0 Å². The van der Waals surface area contributed by atoms with E-state index in [0.29, 0.717) is 5.82 Å². The van der Waals surface area contributed by atoms with Crippen molar-refractivity contribution in [2.24, 2.45) is 0 Å².